The third kappa shape index (κ3) is 8.41. The molecule has 0 spiro atoms. The van der Waals surface area contributed by atoms with Gasteiger partial charge in [-0.05, 0) is 26.2 Å². The van der Waals surface area contributed by atoms with Crippen molar-refractivity contribution in [1.82, 2.24) is 35.6 Å². The molecule has 2 rings (SSSR count). The van der Waals surface area contributed by atoms with Gasteiger partial charge in [0.1, 0.15) is 18.7 Å². The van der Waals surface area contributed by atoms with Crippen LogP contribution >= 0.6 is 24.0 Å². The Hall–Kier alpha value is -1.43. The second-order valence-corrected chi connectivity index (χ2v) is 6.54. The van der Waals surface area contributed by atoms with Crippen LogP contribution in [0.1, 0.15) is 38.9 Å². The third-order valence-corrected chi connectivity index (χ3v) is 4.40. The van der Waals surface area contributed by atoms with Gasteiger partial charge < -0.3 is 16.0 Å². The molecule has 0 unspecified atom stereocenters. The smallest absolute Gasteiger partial charge is 0.234 e. The first kappa shape index (κ1) is 23.6. The standard InChI is InChI=1S/C17H32N8O.HI/c1-4-8-19-16(26)12-25-9-6-14(7-10-25)23-17(18-5-2)20-11-15-21-13-22-24(15)3;/h13-14H,4-12H2,1-3H3,(H,19,26)(H2,18,20,23);1H. The van der Waals surface area contributed by atoms with Gasteiger partial charge in [0, 0.05) is 39.3 Å². The van der Waals surface area contributed by atoms with Crippen LogP contribution in [0.4, 0.5) is 0 Å². The number of aryl methyl sites for hydroxylation is 1. The predicted molar refractivity (Wildman–Crippen MR) is 117 cm³/mol. The van der Waals surface area contributed by atoms with Crippen molar-refractivity contribution < 1.29 is 4.79 Å². The number of amides is 1. The van der Waals surface area contributed by atoms with Gasteiger partial charge in [-0.1, -0.05) is 6.92 Å². The molecule has 1 fully saturated rings. The average molecular weight is 492 g/mol. The van der Waals surface area contributed by atoms with Crippen molar-refractivity contribution in [3.05, 3.63) is 12.2 Å². The van der Waals surface area contributed by atoms with Gasteiger partial charge in [0.25, 0.3) is 0 Å². The lowest BCUT2D eigenvalue weighted by Gasteiger charge is -2.32. The molecule has 154 valence electrons. The fraction of sp³-hybridized carbons (Fsp3) is 0.765. The lowest BCUT2D eigenvalue weighted by atomic mass is 10.1. The second-order valence-electron chi connectivity index (χ2n) is 6.54. The Morgan fingerprint density at radius 3 is 2.63 bits per heavy atom. The van der Waals surface area contributed by atoms with Crippen LogP contribution in [-0.2, 0) is 18.4 Å². The summed E-state index contributed by atoms with van der Waals surface area (Å²) in [5, 5.41) is 13.8. The van der Waals surface area contributed by atoms with Gasteiger partial charge in [0.05, 0.1) is 6.54 Å². The van der Waals surface area contributed by atoms with Gasteiger partial charge in [-0.2, -0.15) is 5.10 Å². The minimum atomic E-state index is 0. The van der Waals surface area contributed by atoms with Crippen molar-refractivity contribution in [3.63, 3.8) is 0 Å². The molecule has 1 aromatic heterocycles. The highest BCUT2D eigenvalue weighted by Gasteiger charge is 2.21. The summed E-state index contributed by atoms with van der Waals surface area (Å²) in [4.78, 5) is 22.8. The molecule has 0 saturated carbocycles. The summed E-state index contributed by atoms with van der Waals surface area (Å²) < 4.78 is 1.73. The molecule has 1 aromatic rings. The van der Waals surface area contributed by atoms with Crippen molar-refractivity contribution in [2.24, 2.45) is 12.0 Å². The molecule has 0 atom stereocenters. The summed E-state index contributed by atoms with van der Waals surface area (Å²) >= 11 is 0. The quantitative estimate of drug-likeness (QED) is 0.278. The highest BCUT2D eigenvalue weighted by atomic mass is 127. The molecule has 1 amide bonds. The summed E-state index contributed by atoms with van der Waals surface area (Å²) in [6.45, 7) is 8.49. The Kier molecular flexibility index (Phi) is 11.3. The summed E-state index contributed by atoms with van der Waals surface area (Å²) in [7, 11) is 1.87. The van der Waals surface area contributed by atoms with Crippen LogP contribution in [-0.4, -0.2) is 70.3 Å². The van der Waals surface area contributed by atoms with Gasteiger partial charge in [-0.3, -0.25) is 14.4 Å². The normalized spacial score (nSPS) is 15.9. The Morgan fingerprint density at radius 2 is 2.04 bits per heavy atom. The minimum Gasteiger partial charge on any atom is -0.357 e. The number of aliphatic imine (C=N–C) groups is 1. The molecular weight excluding hydrogens is 459 g/mol. The zero-order valence-corrected chi connectivity index (χ0v) is 18.9. The first-order valence-corrected chi connectivity index (χ1v) is 9.49. The van der Waals surface area contributed by atoms with E-state index in [9.17, 15) is 4.79 Å². The van der Waals surface area contributed by atoms with Gasteiger partial charge in [0.15, 0.2) is 5.96 Å². The number of aromatic nitrogens is 3. The molecule has 1 saturated heterocycles. The molecule has 9 nitrogen and oxygen atoms in total. The van der Waals surface area contributed by atoms with Crippen molar-refractivity contribution in [2.45, 2.75) is 45.7 Å². The summed E-state index contributed by atoms with van der Waals surface area (Å²) in [6.07, 6.45) is 4.50. The average Bonchev–Trinajstić information content (AvgIpc) is 3.04. The number of guanidine groups is 1. The molecule has 0 aromatic carbocycles. The second kappa shape index (κ2) is 12.9. The minimum absolute atomic E-state index is 0. The number of piperidine rings is 1. The maximum atomic E-state index is 11.8. The number of hydrogen-bond donors (Lipinski definition) is 3. The lowest BCUT2D eigenvalue weighted by Crippen LogP contribution is -2.50. The molecule has 27 heavy (non-hydrogen) atoms. The van der Waals surface area contributed by atoms with Crippen LogP contribution in [0.5, 0.6) is 0 Å². The van der Waals surface area contributed by atoms with Crippen LogP contribution < -0.4 is 16.0 Å². The zero-order chi connectivity index (χ0) is 18.8. The van der Waals surface area contributed by atoms with Crippen molar-refractivity contribution in [3.8, 4) is 0 Å². The Morgan fingerprint density at radius 1 is 1.30 bits per heavy atom. The highest BCUT2D eigenvalue weighted by molar-refractivity contribution is 14.0. The maximum Gasteiger partial charge on any atom is 0.234 e. The van der Waals surface area contributed by atoms with Gasteiger partial charge >= 0.3 is 0 Å². The van der Waals surface area contributed by atoms with Crippen LogP contribution in [0.15, 0.2) is 11.3 Å². The fourth-order valence-corrected chi connectivity index (χ4v) is 2.89. The van der Waals surface area contributed by atoms with Gasteiger partial charge in [0.2, 0.25) is 5.91 Å². The number of carbonyl (C=O) groups is 1. The van der Waals surface area contributed by atoms with E-state index < -0.39 is 0 Å². The van der Waals surface area contributed by atoms with E-state index in [1.807, 2.05) is 7.05 Å². The molecule has 10 heteroatoms. The number of likely N-dealkylation sites (tertiary alicyclic amines) is 1. The van der Waals surface area contributed by atoms with E-state index in [0.717, 1.165) is 57.2 Å². The number of rotatable bonds is 8. The highest BCUT2D eigenvalue weighted by Crippen LogP contribution is 2.10. The first-order chi connectivity index (χ1) is 12.6. The Balaban J connectivity index is 0.00000364. The van der Waals surface area contributed by atoms with E-state index in [1.54, 1.807) is 4.68 Å². The number of hydrogen-bond acceptors (Lipinski definition) is 5. The van der Waals surface area contributed by atoms with E-state index >= 15 is 0 Å². The SMILES string of the molecule is CCCNC(=O)CN1CCC(NC(=NCc2ncnn2C)NCC)CC1.I. The molecule has 2 heterocycles. The van der Waals surface area contributed by atoms with E-state index in [1.165, 1.54) is 6.33 Å². The van der Waals surface area contributed by atoms with E-state index in [4.69, 9.17) is 0 Å². The van der Waals surface area contributed by atoms with Crippen molar-refractivity contribution >= 4 is 35.8 Å². The third-order valence-electron chi connectivity index (χ3n) is 4.40. The largest absolute Gasteiger partial charge is 0.357 e. The number of halogens is 1. The molecule has 1 aliphatic heterocycles. The topological polar surface area (TPSA) is 99.5 Å². The van der Waals surface area contributed by atoms with Crippen LogP contribution in [0.2, 0.25) is 0 Å². The van der Waals surface area contributed by atoms with Gasteiger partial charge in [-0.15, -0.1) is 24.0 Å². The molecule has 0 aliphatic carbocycles. The van der Waals surface area contributed by atoms with E-state index in [0.29, 0.717) is 19.1 Å². The Bertz CT molecular complexity index is 583. The molecule has 3 N–H and O–H groups in total. The first-order valence-electron chi connectivity index (χ1n) is 9.49. The summed E-state index contributed by atoms with van der Waals surface area (Å²) in [5.41, 5.74) is 0. The number of carbonyl (C=O) groups excluding carboxylic acids is 1. The zero-order valence-electron chi connectivity index (χ0n) is 16.6. The monoisotopic (exact) mass is 492 g/mol. The molecular formula is C17H33IN8O. The van der Waals surface area contributed by atoms with Crippen molar-refractivity contribution in [1.29, 1.82) is 0 Å². The molecule has 0 radical (unpaired) electrons. The summed E-state index contributed by atoms with van der Waals surface area (Å²) in [5.74, 6) is 1.75. The van der Waals surface area contributed by atoms with Crippen LogP contribution in [0.3, 0.4) is 0 Å². The van der Waals surface area contributed by atoms with E-state index in [-0.39, 0.29) is 29.9 Å². The van der Waals surface area contributed by atoms with Crippen LogP contribution in [0.25, 0.3) is 0 Å². The summed E-state index contributed by atoms with van der Waals surface area (Å²) in [6, 6.07) is 0.363. The maximum absolute atomic E-state index is 11.8. The number of nitrogens with zero attached hydrogens (tertiary/aromatic N) is 5. The number of nitrogens with one attached hydrogen (secondary N) is 3. The lowest BCUT2D eigenvalue weighted by molar-refractivity contribution is -0.122. The van der Waals surface area contributed by atoms with Crippen LogP contribution in [0, 0.1) is 0 Å². The van der Waals surface area contributed by atoms with E-state index in [2.05, 4.69) is 49.8 Å². The Labute approximate surface area is 178 Å². The fourth-order valence-electron chi connectivity index (χ4n) is 2.89. The molecule has 1 aliphatic rings. The predicted octanol–water partition coefficient (Wildman–Crippen LogP) is 0.479. The van der Waals surface area contributed by atoms with Crippen molar-refractivity contribution in [2.75, 3.05) is 32.7 Å². The molecule has 0 bridgehead atoms. The van der Waals surface area contributed by atoms with Gasteiger partial charge in [-0.25, -0.2) is 9.98 Å².